The number of rotatable bonds is 1. The van der Waals surface area contributed by atoms with Crippen molar-refractivity contribution >= 4 is 31.9 Å². The minimum Gasteiger partial charge on any atom is -0.324 e. The minimum atomic E-state index is -0.283. The van der Waals surface area contributed by atoms with E-state index in [0.717, 1.165) is 4.47 Å². The van der Waals surface area contributed by atoms with Gasteiger partial charge in [-0.15, -0.1) is 0 Å². The van der Waals surface area contributed by atoms with Gasteiger partial charge < -0.3 is 5.73 Å². The molecule has 1 aromatic rings. The lowest BCUT2D eigenvalue weighted by molar-refractivity contribution is 0.592. The Morgan fingerprint density at radius 2 is 1.83 bits per heavy atom. The third-order valence-electron chi connectivity index (χ3n) is 1.53. The van der Waals surface area contributed by atoms with E-state index in [2.05, 4.69) is 31.9 Å². The van der Waals surface area contributed by atoms with Crippen molar-refractivity contribution in [2.75, 3.05) is 0 Å². The summed E-state index contributed by atoms with van der Waals surface area (Å²) in [6.45, 7) is 1.75. The van der Waals surface area contributed by atoms with Crippen LogP contribution in [-0.2, 0) is 0 Å². The van der Waals surface area contributed by atoms with Crippen molar-refractivity contribution in [1.29, 1.82) is 0 Å². The van der Waals surface area contributed by atoms with Crippen LogP contribution in [0, 0.1) is 5.82 Å². The number of benzene rings is 1. The molecule has 0 radical (unpaired) electrons. The first-order valence-electron chi connectivity index (χ1n) is 3.42. The van der Waals surface area contributed by atoms with Crippen LogP contribution in [0.1, 0.15) is 18.5 Å². The van der Waals surface area contributed by atoms with E-state index in [1.807, 2.05) is 0 Å². The molecule has 2 N–H and O–H groups in total. The molecular formula is C8H8Br2FN. The summed E-state index contributed by atoms with van der Waals surface area (Å²) in [4.78, 5) is 0. The summed E-state index contributed by atoms with van der Waals surface area (Å²) in [5.41, 5.74) is 6.08. The first kappa shape index (κ1) is 10.2. The maximum atomic E-state index is 13.2. The monoisotopic (exact) mass is 295 g/mol. The molecule has 0 aliphatic rings. The molecule has 0 amide bonds. The van der Waals surface area contributed by atoms with Crippen LogP contribution in [-0.4, -0.2) is 0 Å². The highest BCUT2D eigenvalue weighted by Crippen LogP contribution is 2.28. The molecule has 66 valence electrons. The summed E-state index contributed by atoms with van der Waals surface area (Å²) in [5.74, 6) is -0.278. The van der Waals surface area contributed by atoms with Crippen LogP contribution in [0.25, 0.3) is 0 Å². The molecular weight excluding hydrogens is 289 g/mol. The van der Waals surface area contributed by atoms with Gasteiger partial charge in [0.15, 0.2) is 0 Å². The molecule has 0 aliphatic carbocycles. The molecule has 12 heavy (non-hydrogen) atoms. The first-order valence-corrected chi connectivity index (χ1v) is 5.01. The van der Waals surface area contributed by atoms with Gasteiger partial charge in [-0.2, -0.15) is 0 Å². The average molecular weight is 297 g/mol. The van der Waals surface area contributed by atoms with Crippen LogP contribution >= 0.6 is 31.9 Å². The van der Waals surface area contributed by atoms with Gasteiger partial charge >= 0.3 is 0 Å². The fourth-order valence-corrected chi connectivity index (χ4v) is 1.56. The molecule has 4 heteroatoms. The lowest BCUT2D eigenvalue weighted by Crippen LogP contribution is -2.07. The van der Waals surface area contributed by atoms with Gasteiger partial charge in [-0.25, -0.2) is 4.39 Å². The molecule has 0 saturated carbocycles. The molecule has 0 spiro atoms. The second kappa shape index (κ2) is 3.85. The number of hydrogen-bond donors (Lipinski definition) is 1. The van der Waals surface area contributed by atoms with Crippen molar-refractivity contribution in [3.63, 3.8) is 0 Å². The molecule has 1 rings (SSSR count). The Bertz CT molecular complexity index is 299. The van der Waals surface area contributed by atoms with E-state index in [9.17, 15) is 4.39 Å². The topological polar surface area (TPSA) is 26.0 Å². The summed E-state index contributed by atoms with van der Waals surface area (Å²) in [7, 11) is 0. The second-order valence-corrected chi connectivity index (χ2v) is 4.29. The molecule has 0 saturated heterocycles. The second-order valence-electron chi connectivity index (χ2n) is 2.58. The van der Waals surface area contributed by atoms with E-state index in [1.54, 1.807) is 13.0 Å². The van der Waals surface area contributed by atoms with E-state index in [4.69, 9.17) is 5.73 Å². The van der Waals surface area contributed by atoms with Crippen LogP contribution in [0.3, 0.4) is 0 Å². The zero-order valence-corrected chi connectivity index (χ0v) is 9.62. The lowest BCUT2D eigenvalue weighted by Gasteiger charge is -2.08. The van der Waals surface area contributed by atoms with Crippen molar-refractivity contribution in [3.05, 3.63) is 32.5 Å². The van der Waals surface area contributed by atoms with E-state index in [0.29, 0.717) is 10.0 Å². The Labute approximate surface area is 87.4 Å². The summed E-state index contributed by atoms with van der Waals surface area (Å²) < 4.78 is 14.7. The van der Waals surface area contributed by atoms with Gasteiger partial charge in [0, 0.05) is 20.6 Å². The molecule has 1 aromatic carbocycles. The van der Waals surface area contributed by atoms with E-state index in [1.165, 1.54) is 6.07 Å². The fraction of sp³-hybridized carbons (Fsp3) is 0.250. The SMILES string of the molecule is CC(N)c1cc(Br)c(Br)cc1F. The van der Waals surface area contributed by atoms with Gasteiger partial charge in [0.05, 0.1) is 0 Å². The van der Waals surface area contributed by atoms with E-state index in [-0.39, 0.29) is 11.9 Å². The number of nitrogens with two attached hydrogens (primary N) is 1. The molecule has 0 aromatic heterocycles. The van der Waals surface area contributed by atoms with Crippen LogP contribution in [0.15, 0.2) is 21.1 Å². The van der Waals surface area contributed by atoms with Crippen LogP contribution < -0.4 is 5.73 Å². The Hall–Kier alpha value is 0.0700. The maximum absolute atomic E-state index is 13.2. The van der Waals surface area contributed by atoms with Crippen LogP contribution in [0.4, 0.5) is 4.39 Å². The first-order chi connectivity index (χ1) is 5.52. The van der Waals surface area contributed by atoms with Gasteiger partial charge in [-0.1, -0.05) is 0 Å². The van der Waals surface area contributed by atoms with Crippen LogP contribution in [0.2, 0.25) is 0 Å². The average Bonchev–Trinajstić information content (AvgIpc) is 1.96. The van der Waals surface area contributed by atoms with E-state index < -0.39 is 0 Å². The zero-order valence-electron chi connectivity index (χ0n) is 6.44. The molecule has 0 fully saturated rings. The van der Waals surface area contributed by atoms with Gasteiger partial charge in [0.1, 0.15) is 5.82 Å². The van der Waals surface area contributed by atoms with Crippen molar-refractivity contribution < 1.29 is 4.39 Å². The van der Waals surface area contributed by atoms with Gasteiger partial charge in [0.25, 0.3) is 0 Å². The fourth-order valence-electron chi connectivity index (χ4n) is 0.887. The zero-order chi connectivity index (χ0) is 9.30. The number of halogens is 3. The van der Waals surface area contributed by atoms with Gasteiger partial charge in [-0.05, 0) is 50.9 Å². The Morgan fingerprint density at radius 3 is 2.33 bits per heavy atom. The predicted molar refractivity (Wildman–Crippen MR) is 54.4 cm³/mol. The molecule has 0 aliphatic heterocycles. The van der Waals surface area contributed by atoms with E-state index >= 15 is 0 Å². The Kier molecular flexibility index (Phi) is 3.26. The third kappa shape index (κ3) is 2.06. The van der Waals surface area contributed by atoms with Crippen molar-refractivity contribution in [1.82, 2.24) is 0 Å². The van der Waals surface area contributed by atoms with Gasteiger partial charge in [-0.3, -0.25) is 0 Å². The van der Waals surface area contributed by atoms with Crippen molar-refractivity contribution in [3.8, 4) is 0 Å². The molecule has 1 atom stereocenters. The molecule has 1 nitrogen and oxygen atoms in total. The number of hydrogen-bond acceptors (Lipinski definition) is 1. The molecule has 0 heterocycles. The predicted octanol–water partition coefficient (Wildman–Crippen LogP) is 3.37. The summed E-state index contributed by atoms with van der Waals surface area (Å²) in [6, 6.07) is 2.81. The highest BCUT2D eigenvalue weighted by molar-refractivity contribution is 9.13. The van der Waals surface area contributed by atoms with Crippen molar-refractivity contribution in [2.45, 2.75) is 13.0 Å². The Morgan fingerprint density at radius 1 is 1.33 bits per heavy atom. The van der Waals surface area contributed by atoms with Gasteiger partial charge in [0.2, 0.25) is 0 Å². The highest BCUT2D eigenvalue weighted by atomic mass is 79.9. The van der Waals surface area contributed by atoms with Crippen molar-refractivity contribution in [2.24, 2.45) is 5.73 Å². The summed E-state index contributed by atoms with van der Waals surface area (Å²) in [5, 5.41) is 0. The van der Waals surface area contributed by atoms with Crippen LogP contribution in [0.5, 0.6) is 0 Å². The molecule has 1 unspecified atom stereocenters. The quantitative estimate of drug-likeness (QED) is 0.790. The standard InChI is InChI=1S/C8H8Br2FN/c1-4(12)5-2-6(9)7(10)3-8(5)11/h2-4H,12H2,1H3. The maximum Gasteiger partial charge on any atom is 0.129 e. The normalized spacial score (nSPS) is 13.1. The highest BCUT2D eigenvalue weighted by Gasteiger charge is 2.09. The Balaban J connectivity index is 3.23. The minimum absolute atomic E-state index is 0.278. The lowest BCUT2D eigenvalue weighted by atomic mass is 10.1. The third-order valence-corrected chi connectivity index (χ3v) is 3.37. The molecule has 0 bridgehead atoms. The largest absolute Gasteiger partial charge is 0.324 e. The smallest absolute Gasteiger partial charge is 0.129 e. The summed E-state index contributed by atoms with van der Waals surface area (Å²) in [6.07, 6.45) is 0. The summed E-state index contributed by atoms with van der Waals surface area (Å²) >= 11 is 6.48.